The van der Waals surface area contributed by atoms with Crippen LogP contribution in [0.5, 0.6) is 17.2 Å². The Morgan fingerprint density at radius 2 is 1.75 bits per heavy atom. The summed E-state index contributed by atoms with van der Waals surface area (Å²) in [6.07, 6.45) is 0.825. The highest BCUT2D eigenvalue weighted by Crippen LogP contribution is 2.45. The molecule has 0 bridgehead atoms. The van der Waals surface area contributed by atoms with Crippen molar-refractivity contribution >= 4 is 5.91 Å². The third-order valence-electron chi connectivity index (χ3n) is 5.64. The number of carbonyl (C=O) groups is 1. The van der Waals surface area contributed by atoms with E-state index < -0.39 is 0 Å². The van der Waals surface area contributed by atoms with Crippen molar-refractivity contribution in [2.24, 2.45) is 0 Å². The van der Waals surface area contributed by atoms with Gasteiger partial charge in [0.25, 0.3) is 5.91 Å². The number of H-pyrrole nitrogens is 1. The number of phenols is 1. The summed E-state index contributed by atoms with van der Waals surface area (Å²) in [5, 5.41) is 17.8. The van der Waals surface area contributed by atoms with Crippen LogP contribution in [-0.4, -0.2) is 32.7 Å². The Bertz CT molecular complexity index is 1270. The third kappa shape index (κ3) is 3.39. The van der Waals surface area contributed by atoms with Crippen molar-refractivity contribution in [3.05, 3.63) is 95.7 Å². The maximum Gasteiger partial charge on any atom is 0.273 e. The maximum absolute atomic E-state index is 13.2. The molecule has 1 amide bonds. The lowest BCUT2D eigenvalue weighted by Gasteiger charge is -2.26. The molecule has 0 unspecified atom stereocenters. The summed E-state index contributed by atoms with van der Waals surface area (Å²) in [4.78, 5) is 15.1. The van der Waals surface area contributed by atoms with E-state index in [4.69, 9.17) is 4.74 Å². The predicted octanol–water partition coefficient (Wildman–Crippen LogP) is 5.53. The predicted molar refractivity (Wildman–Crippen MR) is 122 cm³/mol. The summed E-state index contributed by atoms with van der Waals surface area (Å²) < 4.78 is 6.04. The van der Waals surface area contributed by atoms with Gasteiger partial charge in [0, 0.05) is 17.7 Å². The van der Waals surface area contributed by atoms with Gasteiger partial charge in [-0.1, -0.05) is 49.4 Å². The van der Waals surface area contributed by atoms with Gasteiger partial charge in [-0.15, -0.1) is 0 Å². The molecule has 3 aromatic carbocycles. The van der Waals surface area contributed by atoms with Crippen molar-refractivity contribution < 1.29 is 14.6 Å². The van der Waals surface area contributed by atoms with Gasteiger partial charge in [0.1, 0.15) is 28.6 Å². The zero-order chi connectivity index (χ0) is 22.1. The number of aromatic amines is 1. The molecular formula is C26H23N3O3. The molecular weight excluding hydrogens is 402 g/mol. The fraction of sp³-hybridized carbons (Fsp3) is 0.154. The van der Waals surface area contributed by atoms with E-state index in [9.17, 15) is 9.90 Å². The second-order valence-electron chi connectivity index (χ2n) is 7.77. The first-order valence-corrected chi connectivity index (χ1v) is 10.7. The molecule has 6 nitrogen and oxygen atoms in total. The molecule has 160 valence electrons. The maximum atomic E-state index is 13.2. The summed E-state index contributed by atoms with van der Waals surface area (Å²) in [6, 6.07) is 24.1. The molecule has 2 N–H and O–H groups in total. The van der Waals surface area contributed by atoms with Crippen LogP contribution in [0.3, 0.4) is 0 Å². The summed E-state index contributed by atoms with van der Waals surface area (Å²) in [5.41, 5.74) is 3.36. The van der Waals surface area contributed by atoms with Gasteiger partial charge in [0.2, 0.25) is 0 Å². The van der Waals surface area contributed by atoms with Crippen LogP contribution in [0.1, 0.15) is 41.0 Å². The highest BCUT2D eigenvalue weighted by Gasteiger charge is 2.42. The van der Waals surface area contributed by atoms with Crippen LogP contribution in [0.2, 0.25) is 0 Å². The van der Waals surface area contributed by atoms with Gasteiger partial charge < -0.3 is 14.7 Å². The molecule has 4 aromatic rings. The number of para-hydroxylation sites is 2. The zero-order valence-electron chi connectivity index (χ0n) is 17.7. The lowest BCUT2D eigenvalue weighted by Crippen LogP contribution is -2.30. The summed E-state index contributed by atoms with van der Waals surface area (Å²) in [5.74, 6) is 1.48. The number of hydrogen-bond donors (Lipinski definition) is 2. The quantitative estimate of drug-likeness (QED) is 0.426. The molecule has 1 aliphatic rings. The molecule has 0 saturated heterocycles. The number of aromatic nitrogens is 2. The number of carbonyl (C=O) groups excluding carboxylic acids is 1. The number of ether oxygens (including phenoxy) is 1. The van der Waals surface area contributed by atoms with E-state index in [2.05, 4.69) is 10.2 Å². The molecule has 2 heterocycles. The number of nitrogens with one attached hydrogen (secondary N) is 1. The van der Waals surface area contributed by atoms with Crippen LogP contribution in [0.15, 0.2) is 78.9 Å². The normalized spacial score (nSPS) is 15.1. The highest BCUT2D eigenvalue weighted by molar-refractivity contribution is 6.00. The molecule has 1 aromatic heterocycles. The smallest absolute Gasteiger partial charge is 0.273 e. The summed E-state index contributed by atoms with van der Waals surface area (Å²) in [7, 11) is 0. The van der Waals surface area contributed by atoms with E-state index >= 15 is 0 Å². The Labute approximate surface area is 186 Å². The first-order valence-electron chi connectivity index (χ1n) is 10.7. The Morgan fingerprint density at radius 3 is 2.53 bits per heavy atom. The minimum atomic E-state index is -0.329. The van der Waals surface area contributed by atoms with Gasteiger partial charge in [-0.05, 0) is 48.4 Å². The topological polar surface area (TPSA) is 78.5 Å². The zero-order valence-corrected chi connectivity index (χ0v) is 17.7. The molecule has 0 aliphatic carbocycles. The summed E-state index contributed by atoms with van der Waals surface area (Å²) >= 11 is 0. The van der Waals surface area contributed by atoms with Crippen molar-refractivity contribution in [3.8, 4) is 28.5 Å². The number of phenolic OH excluding ortho intramolecular Hbond substituents is 1. The van der Waals surface area contributed by atoms with E-state index in [-0.39, 0.29) is 17.7 Å². The Kier molecular flexibility index (Phi) is 5.11. The Morgan fingerprint density at radius 1 is 1.00 bits per heavy atom. The van der Waals surface area contributed by atoms with Crippen molar-refractivity contribution in [1.82, 2.24) is 15.1 Å². The Balaban J connectivity index is 1.61. The second kappa shape index (κ2) is 8.23. The fourth-order valence-corrected chi connectivity index (χ4v) is 4.27. The molecule has 5 rings (SSSR count). The van der Waals surface area contributed by atoms with Crippen LogP contribution in [0.25, 0.3) is 11.3 Å². The van der Waals surface area contributed by atoms with E-state index in [0.29, 0.717) is 29.2 Å². The summed E-state index contributed by atoms with van der Waals surface area (Å²) in [6.45, 7) is 2.66. The number of benzene rings is 3. The van der Waals surface area contributed by atoms with E-state index in [0.717, 1.165) is 23.3 Å². The van der Waals surface area contributed by atoms with Crippen molar-refractivity contribution in [3.63, 3.8) is 0 Å². The monoisotopic (exact) mass is 425 g/mol. The second-order valence-corrected chi connectivity index (χ2v) is 7.77. The van der Waals surface area contributed by atoms with Crippen LogP contribution < -0.4 is 4.74 Å². The largest absolute Gasteiger partial charge is 0.507 e. The van der Waals surface area contributed by atoms with E-state index in [1.54, 1.807) is 12.1 Å². The van der Waals surface area contributed by atoms with Crippen LogP contribution in [0, 0.1) is 0 Å². The lowest BCUT2D eigenvalue weighted by atomic mass is 9.95. The third-order valence-corrected chi connectivity index (χ3v) is 5.64. The van der Waals surface area contributed by atoms with Gasteiger partial charge in [-0.3, -0.25) is 9.89 Å². The van der Waals surface area contributed by atoms with Gasteiger partial charge in [-0.2, -0.15) is 5.10 Å². The molecule has 0 spiro atoms. The Hall–Kier alpha value is -4.06. The SMILES string of the molecule is CCCN1C(=O)c2[nH]nc(-c3ccccc3O)c2[C@H]1c1cccc(Oc2ccccc2)c1. The molecule has 1 aliphatic heterocycles. The van der Waals surface area contributed by atoms with Crippen LogP contribution in [0.4, 0.5) is 0 Å². The van der Waals surface area contributed by atoms with Gasteiger partial charge in [0.05, 0.1) is 6.04 Å². The molecule has 6 heteroatoms. The van der Waals surface area contributed by atoms with Crippen LogP contribution >= 0.6 is 0 Å². The van der Waals surface area contributed by atoms with Crippen molar-refractivity contribution in [1.29, 1.82) is 0 Å². The molecule has 0 radical (unpaired) electrons. The minimum absolute atomic E-state index is 0.0876. The highest BCUT2D eigenvalue weighted by atomic mass is 16.5. The van der Waals surface area contributed by atoms with E-state index in [1.165, 1.54) is 0 Å². The first kappa shape index (κ1) is 19.9. The number of amides is 1. The number of hydrogen-bond acceptors (Lipinski definition) is 4. The van der Waals surface area contributed by atoms with Crippen LogP contribution in [-0.2, 0) is 0 Å². The molecule has 1 atom stereocenters. The van der Waals surface area contributed by atoms with Gasteiger partial charge in [-0.25, -0.2) is 0 Å². The van der Waals surface area contributed by atoms with Gasteiger partial charge >= 0.3 is 0 Å². The number of fused-ring (bicyclic) bond motifs is 1. The molecule has 0 fully saturated rings. The average molecular weight is 425 g/mol. The molecule has 0 saturated carbocycles. The van der Waals surface area contributed by atoms with Crippen molar-refractivity contribution in [2.75, 3.05) is 6.54 Å². The average Bonchev–Trinajstić information content (AvgIpc) is 3.35. The number of nitrogens with zero attached hydrogens (tertiary/aromatic N) is 2. The number of aromatic hydroxyl groups is 1. The molecule has 32 heavy (non-hydrogen) atoms. The minimum Gasteiger partial charge on any atom is -0.507 e. The first-order chi connectivity index (χ1) is 15.7. The number of rotatable bonds is 6. The fourth-order valence-electron chi connectivity index (χ4n) is 4.27. The van der Waals surface area contributed by atoms with Gasteiger partial charge in [0.15, 0.2) is 0 Å². The van der Waals surface area contributed by atoms with E-state index in [1.807, 2.05) is 78.6 Å². The van der Waals surface area contributed by atoms with Crippen molar-refractivity contribution in [2.45, 2.75) is 19.4 Å². The standard InChI is InChI=1S/C26H23N3O3/c1-2-15-29-25(17-9-8-12-19(16-17)32-18-10-4-3-5-11-18)22-23(27-28-24(22)26(29)31)20-13-6-7-14-21(20)30/h3-14,16,25,30H,2,15H2,1H3,(H,27,28)/t25-/m1/s1. The lowest BCUT2D eigenvalue weighted by molar-refractivity contribution is 0.0744.